The molecule has 1 aliphatic heterocycles. The first-order valence-corrected chi connectivity index (χ1v) is 5.68. The summed E-state index contributed by atoms with van der Waals surface area (Å²) in [6.45, 7) is 3.61. The molecule has 2 N–H and O–H groups in total. The maximum atomic E-state index is 11.2. The Morgan fingerprint density at radius 3 is 3.00 bits per heavy atom. The Labute approximate surface area is 101 Å². The van der Waals surface area contributed by atoms with Gasteiger partial charge in [0.15, 0.2) is 0 Å². The Hall–Kier alpha value is -1.78. The van der Waals surface area contributed by atoms with Gasteiger partial charge < -0.3 is 15.4 Å². The first-order chi connectivity index (χ1) is 8.10. The monoisotopic (exact) mass is 235 g/mol. The van der Waals surface area contributed by atoms with Gasteiger partial charge in [0.05, 0.1) is 24.5 Å². The van der Waals surface area contributed by atoms with Crippen LogP contribution in [0.15, 0.2) is 12.1 Å². The number of anilines is 1. The summed E-state index contributed by atoms with van der Waals surface area (Å²) in [6, 6.07) is 4.02. The minimum absolute atomic E-state index is 0.0420. The average molecular weight is 235 g/mol. The second kappa shape index (κ2) is 4.61. The van der Waals surface area contributed by atoms with Gasteiger partial charge in [0.2, 0.25) is 11.8 Å². The lowest BCUT2D eigenvalue weighted by atomic mass is 9.98. The molecule has 0 saturated carbocycles. The third kappa shape index (κ3) is 2.49. The number of carbonyl (C=O) groups excluding carboxylic acids is 1. The molecule has 1 aromatic heterocycles. The SMILES string of the molecule is COc1ccc2c(n1)C(NC(C)=O)CC(C)N2. The van der Waals surface area contributed by atoms with Gasteiger partial charge in [-0.15, -0.1) is 0 Å². The summed E-state index contributed by atoms with van der Waals surface area (Å²) in [5, 5.41) is 6.27. The van der Waals surface area contributed by atoms with E-state index in [1.807, 2.05) is 12.1 Å². The minimum atomic E-state index is -0.0474. The van der Waals surface area contributed by atoms with Gasteiger partial charge in [-0.1, -0.05) is 0 Å². The normalized spacial score (nSPS) is 22.3. The number of hydrogen-bond donors (Lipinski definition) is 2. The summed E-state index contributed by atoms with van der Waals surface area (Å²) in [4.78, 5) is 15.6. The number of pyridine rings is 1. The molecule has 5 heteroatoms. The molecular weight excluding hydrogens is 218 g/mol. The maximum absolute atomic E-state index is 11.2. The van der Waals surface area contributed by atoms with Crippen LogP contribution in [0.4, 0.5) is 5.69 Å². The summed E-state index contributed by atoms with van der Waals surface area (Å²) in [5.74, 6) is 0.523. The number of nitrogens with one attached hydrogen (secondary N) is 2. The highest BCUT2D eigenvalue weighted by molar-refractivity contribution is 5.74. The molecule has 2 heterocycles. The number of nitrogens with zero attached hydrogens (tertiary/aromatic N) is 1. The number of amides is 1. The highest BCUT2D eigenvalue weighted by Crippen LogP contribution is 2.32. The third-order valence-electron chi connectivity index (χ3n) is 2.81. The zero-order valence-corrected chi connectivity index (χ0v) is 10.3. The molecule has 0 radical (unpaired) electrons. The van der Waals surface area contributed by atoms with Crippen molar-refractivity contribution in [2.45, 2.75) is 32.4 Å². The van der Waals surface area contributed by atoms with E-state index >= 15 is 0 Å². The molecule has 1 aliphatic rings. The smallest absolute Gasteiger partial charge is 0.217 e. The number of aromatic nitrogens is 1. The summed E-state index contributed by atoms with van der Waals surface area (Å²) >= 11 is 0. The van der Waals surface area contributed by atoms with Crippen molar-refractivity contribution in [1.82, 2.24) is 10.3 Å². The van der Waals surface area contributed by atoms with Crippen molar-refractivity contribution < 1.29 is 9.53 Å². The van der Waals surface area contributed by atoms with E-state index in [0.29, 0.717) is 11.9 Å². The largest absolute Gasteiger partial charge is 0.481 e. The summed E-state index contributed by atoms with van der Waals surface area (Å²) in [5.41, 5.74) is 1.81. The van der Waals surface area contributed by atoms with Crippen LogP contribution in [0.5, 0.6) is 5.88 Å². The van der Waals surface area contributed by atoms with Crippen LogP contribution in [0.2, 0.25) is 0 Å². The number of rotatable bonds is 2. The fraction of sp³-hybridized carbons (Fsp3) is 0.500. The van der Waals surface area contributed by atoms with Gasteiger partial charge in [-0.2, -0.15) is 0 Å². The standard InChI is InChI=1S/C12H17N3O2/c1-7-6-10(14-8(2)16)12-9(13-7)4-5-11(15-12)17-3/h4-5,7,10,13H,6H2,1-3H3,(H,14,16). The summed E-state index contributed by atoms with van der Waals surface area (Å²) in [7, 11) is 1.58. The van der Waals surface area contributed by atoms with Crippen molar-refractivity contribution in [1.29, 1.82) is 0 Å². The molecule has 2 atom stereocenters. The predicted molar refractivity (Wildman–Crippen MR) is 65.0 cm³/mol. The van der Waals surface area contributed by atoms with E-state index in [9.17, 15) is 4.79 Å². The zero-order chi connectivity index (χ0) is 12.4. The number of hydrogen-bond acceptors (Lipinski definition) is 4. The van der Waals surface area contributed by atoms with Gasteiger partial charge in [-0.25, -0.2) is 4.98 Å². The molecule has 0 fully saturated rings. The molecule has 2 rings (SSSR count). The average Bonchev–Trinajstić information content (AvgIpc) is 2.27. The molecule has 0 aliphatic carbocycles. The quantitative estimate of drug-likeness (QED) is 0.814. The predicted octanol–water partition coefficient (Wildman–Crippen LogP) is 1.47. The van der Waals surface area contributed by atoms with Crippen molar-refractivity contribution in [3.05, 3.63) is 17.8 Å². The van der Waals surface area contributed by atoms with Crippen molar-refractivity contribution in [2.24, 2.45) is 0 Å². The lowest BCUT2D eigenvalue weighted by Crippen LogP contribution is -2.35. The van der Waals surface area contributed by atoms with Crippen LogP contribution in [-0.2, 0) is 4.79 Å². The molecule has 17 heavy (non-hydrogen) atoms. The van der Waals surface area contributed by atoms with E-state index in [1.54, 1.807) is 7.11 Å². The maximum Gasteiger partial charge on any atom is 0.217 e. The highest BCUT2D eigenvalue weighted by Gasteiger charge is 2.26. The van der Waals surface area contributed by atoms with Crippen molar-refractivity contribution in [3.63, 3.8) is 0 Å². The van der Waals surface area contributed by atoms with Crippen molar-refractivity contribution >= 4 is 11.6 Å². The van der Waals surface area contributed by atoms with Crippen LogP contribution in [0.25, 0.3) is 0 Å². The van der Waals surface area contributed by atoms with E-state index in [2.05, 4.69) is 22.5 Å². The fourth-order valence-corrected chi connectivity index (χ4v) is 2.12. The minimum Gasteiger partial charge on any atom is -0.481 e. The van der Waals surface area contributed by atoms with E-state index < -0.39 is 0 Å². The lowest BCUT2D eigenvalue weighted by Gasteiger charge is -2.30. The molecule has 0 spiro atoms. The molecule has 0 aromatic carbocycles. The van der Waals surface area contributed by atoms with E-state index in [-0.39, 0.29) is 11.9 Å². The second-order valence-corrected chi connectivity index (χ2v) is 4.32. The Balaban J connectivity index is 2.35. The number of ether oxygens (including phenoxy) is 1. The summed E-state index contributed by atoms with van der Waals surface area (Å²) in [6.07, 6.45) is 0.826. The van der Waals surface area contributed by atoms with Crippen molar-refractivity contribution in [3.8, 4) is 5.88 Å². The van der Waals surface area contributed by atoms with Gasteiger partial charge in [0.1, 0.15) is 0 Å². The van der Waals surface area contributed by atoms with Gasteiger partial charge >= 0.3 is 0 Å². The van der Waals surface area contributed by atoms with Crippen LogP contribution >= 0.6 is 0 Å². The van der Waals surface area contributed by atoms with Crippen molar-refractivity contribution in [2.75, 3.05) is 12.4 Å². The van der Waals surface area contributed by atoms with Crippen LogP contribution in [0, 0.1) is 0 Å². The molecule has 5 nitrogen and oxygen atoms in total. The van der Waals surface area contributed by atoms with Gasteiger partial charge in [0, 0.05) is 19.0 Å². The molecule has 92 valence electrons. The Bertz CT molecular complexity index is 434. The molecule has 1 amide bonds. The molecule has 0 bridgehead atoms. The first kappa shape index (κ1) is 11.7. The van der Waals surface area contributed by atoms with E-state index in [1.165, 1.54) is 6.92 Å². The van der Waals surface area contributed by atoms with Gasteiger partial charge in [0.25, 0.3) is 0 Å². The van der Waals surface area contributed by atoms with Gasteiger partial charge in [-0.05, 0) is 19.4 Å². The molecular formula is C12H17N3O2. The van der Waals surface area contributed by atoms with Crippen LogP contribution in [-0.4, -0.2) is 24.0 Å². The lowest BCUT2D eigenvalue weighted by molar-refractivity contribution is -0.119. The number of carbonyl (C=O) groups is 1. The number of methoxy groups -OCH3 is 1. The third-order valence-corrected chi connectivity index (χ3v) is 2.81. The molecule has 1 aromatic rings. The first-order valence-electron chi connectivity index (χ1n) is 5.68. The van der Waals surface area contributed by atoms with Crippen LogP contribution in [0.1, 0.15) is 32.0 Å². The topological polar surface area (TPSA) is 63.2 Å². The number of fused-ring (bicyclic) bond motifs is 1. The Morgan fingerprint density at radius 1 is 1.59 bits per heavy atom. The van der Waals surface area contributed by atoms with E-state index in [4.69, 9.17) is 4.74 Å². The van der Waals surface area contributed by atoms with E-state index in [0.717, 1.165) is 17.8 Å². The molecule has 2 unspecified atom stereocenters. The zero-order valence-electron chi connectivity index (χ0n) is 10.3. The summed E-state index contributed by atoms with van der Waals surface area (Å²) < 4.78 is 5.11. The second-order valence-electron chi connectivity index (χ2n) is 4.32. The Kier molecular flexibility index (Phi) is 3.17. The Morgan fingerprint density at radius 2 is 2.35 bits per heavy atom. The highest BCUT2D eigenvalue weighted by atomic mass is 16.5. The molecule has 0 saturated heterocycles. The van der Waals surface area contributed by atoms with Crippen LogP contribution in [0.3, 0.4) is 0 Å². The van der Waals surface area contributed by atoms with Gasteiger partial charge in [-0.3, -0.25) is 4.79 Å². The van der Waals surface area contributed by atoms with Crippen LogP contribution < -0.4 is 15.4 Å². The fourth-order valence-electron chi connectivity index (χ4n) is 2.12.